The van der Waals surface area contributed by atoms with Gasteiger partial charge in [-0.05, 0) is 59.5 Å². The van der Waals surface area contributed by atoms with Crippen molar-refractivity contribution in [1.82, 2.24) is 35.3 Å². The first-order valence-corrected chi connectivity index (χ1v) is 12.7. The number of benzene rings is 1. The molecule has 3 heterocycles. The standard InChI is InChI=1S/C25H29BrN8O2/c1-24(2,3)22-32-31-20(36-22)14-6-8-16(9-7-14)34-19-17(18(26)33-34)13-28-23(30-19)29-15-10-11-25(4,12-15)21(35)27-5/h6-9,13,15H,10-12H2,1-5H3,(H,27,35)(H,28,29,30)/t15-,25-/m1/s1. The van der Waals surface area contributed by atoms with Crippen LogP contribution in [0.15, 0.2) is 39.5 Å². The van der Waals surface area contributed by atoms with E-state index in [1.54, 1.807) is 17.9 Å². The Balaban J connectivity index is 1.40. The molecule has 0 aliphatic heterocycles. The van der Waals surface area contributed by atoms with Crippen LogP contribution in [0.5, 0.6) is 0 Å². The van der Waals surface area contributed by atoms with E-state index in [0.717, 1.165) is 35.9 Å². The first kappa shape index (κ1) is 24.4. The van der Waals surface area contributed by atoms with Gasteiger partial charge in [0.05, 0.1) is 11.1 Å². The molecular weight excluding hydrogens is 524 g/mol. The molecule has 2 atom stereocenters. The number of nitrogens with zero attached hydrogens (tertiary/aromatic N) is 6. The van der Waals surface area contributed by atoms with Gasteiger partial charge in [0.2, 0.25) is 23.6 Å². The van der Waals surface area contributed by atoms with Crippen LogP contribution in [-0.2, 0) is 10.2 Å². The highest BCUT2D eigenvalue weighted by molar-refractivity contribution is 9.10. The summed E-state index contributed by atoms with van der Waals surface area (Å²) in [5.41, 5.74) is 1.75. The summed E-state index contributed by atoms with van der Waals surface area (Å²) in [5, 5.41) is 20.0. The van der Waals surface area contributed by atoms with Gasteiger partial charge in [-0.15, -0.1) is 10.2 Å². The molecule has 3 aromatic heterocycles. The average Bonchev–Trinajstić information content (AvgIpc) is 3.57. The van der Waals surface area contributed by atoms with Crippen LogP contribution < -0.4 is 10.6 Å². The first-order chi connectivity index (χ1) is 17.1. The fraction of sp³-hybridized carbons (Fsp3) is 0.440. The van der Waals surface area contributed by atoms with Crippen molar-refractivity contribution in [2.75, 3.05) is 12.4 Å². The minimum absolute atomic E-state index is 0.0729. The zero-order valence-electron chi connectivity index (χ0n) is 21.0. The Morgan fingerprint density at radius 3 is 2.64 bits per heavy atom. The first-order valence-electron chi connectivity index (χ1n) is 11.9. The maximum absolute atomic E-state index is 12.3. The molecule has 188 valence electrons. The van der Waals surface area contributed by atoms with E-state index >= 15 is 0 Å². The van der Waals surface area contributed by atoms with Gasteiger partial charge in [0, 0.05) is 35.7 Å². The largest absolute Gasteiger partial charge is 0.420 e. The lowest BCUT2D eigenvalue weighted by Gasteiger charge is -2.22. The topological polar surface area (TPSA) is 124 Å². The van der Waals surface area contributed by atoms with Gasteiger partial charge in [0.15, 0.2) is 5.65 Å². The van der Waals surface area contributed by atoms with Crippen LogP contribution in [0.3, 0.4) is 0 Å². The maximum Gasteiger partial charge on any atom is 0.247 e. The van der Waals surface area contributed by atoms with Gasteiger partial charge in [0.1, 0.15) is 4.60 Å². The molecule has 1 amide bonds. The minimum atomic E-state index is -0.380. The van der Waals surface area contributed by atoms with Gasteiger partial charge in [-0.1, -0.05) is 27.7 Å². The van der Waals surface area contributed by atoms with Crippen LogP contribution in [0.4, 0.5) is 5.95 Å². The van der Waals surface area contributed by atoms with Crippen LogP contribution in [0, 0.1) is 5.41 Å². The Morgan fingerprint density at radius 2 is 1.97 bits per heavy atom. The Labute approximate surface area is 217 Å². The molecule has 0 radical (unpaired) electrons. The third-order valence-corrected chi connectivity index (χ3v) is 7.24. The lowest BCUT2D eigenvalue weighted by molar-refractivity contribution is -0.129. The Kier molecular flexibility index (Phi) is 6.06. The summed E-state index contributed by atoms with van der Waals surface area (Å²) in [6, 6.07) is 7.85. The molecular formula is C25H29BrN8O2. The second-order valence-electron chi connectivity index (χ2n) is 10.6. The van der Waals surface area contributed by atoms with Gasteiger partial charge in [-0.3, -0.25) is 4.79 Å². The van der Waals surface area contributed by atoms with Gasteiger partial charge in [-0.2, -0.15) is 10.1 Å². The van der Waals surface area contributed by atoms with E-state index in [-0.39, 0.29) is 22.8 Å². The zero-order valence-corrected chi connectivity index (χ0v) is 22.5. The number of rotatable bonds is 5. The number of anilines is 1. The van der Waals surface area contributed by atoms with Crippen molar-refractivity contribution in [2.45, 2.75) is 58.4 Å². The van der Waals surface area contributed by atoms with E-state index in [1.165, 1.54) is 0 Å². The molecule has 1 fully saturated rings. The molecule has 0 unspecified atom stereocenters. The summed E-state index contributed by atoms with van der Waals surface area (Å²) in [7, 11) is 1.68. The number of halogens is 1. The lowest BCUT2D eigenvalue weighted by Crippen LogP contribution is -2.35. The molecule has 1 aliphatic rings. The molecule has 1 saturated carbocycles. The molecule has 36 heavy (non-hydrogen) atoms. The number of carbonyl (C=O) groups is 1. The maximum atomic E-state index is 12.3. The van der Waals surface area contributed by atoms with E-state index in [1.807, 2.05) is 52.0 Å². The molecule has 1 aliphatic carbocycles. The second kappa shape index (κ2) is 8.95. The summed E-state index contributed by atoms with van der Waals surface area (Å²) in [4.78, 5) is 21.5. The summed E-state index contributed by atoms with van der Waals surface area (Å²) in [6.45, 7) is 8.11. The Hall–Kier alpha value is -3.34. The molecule has 0 spiro atoms. The molecule has 5 rings (SSSR count). The van der Waals surface area contributed by atoms with Crippen molar-refractivity contribution in [3.05, 3.63) is 41.0 Å². The van der Waals surface area contributed by atoms with Crippen LogP contribution in [-0.4, -0.2) is 48.9 Å². The summed E-state index contributed by atoms with van der Waals surface area (Å²) in [5.74, 6) is 1.66. The van der Waals surface area contributed by atoms with Gasteiger partial charge in [0.25, 0.3) is 0 Å². The van der Waals surface area contributed by atoms with Crippen molar-refractivity contribution in [1.29, 1.82) is 0 Å². The van der Waals surface area contributed by atoms with Crippen LogP contribution >= 0.6 is 15.9 Å². The minimum Gasteiger partial charge on any atom is -0.420 e. The molecule has 2 N–H and O–H groups in total. The van der Waals surface area contributed by atoms with Crippen molar-refractivity contribution < 1.29 is 9.21 Å². The van der Waals surface area contributed by atoms with Crippen molar-refractivity contribution in [2.24, 2.45) is 5.41 Å². The van der Waals surface area contributed by atoms with Crippen LogP contribution in [0.2, 0.25) is 0 Å². The summed E-state index contributed by atoms with van der Waals surface area (Å²) >= 11 is 3.53. The fourth-order valence-electron chi connectivity index (χ4n) is 4.56. The number of aromatic nitrogens is 6. The highest BCUT2D eigenvalue weighted by atomic mass is 79.9. The predicted octanol–water partition coefficient (Wildman–Crippen LogP) is 4.64. The Bertz CT molecular complexity index is 1420. The van der Waals surface area contributed by atoms with Crippen molar-refractivity contribution in [3.63, 3.8) is 0 Å². The Morgan fingerprint density at radius 1 is 1.22 bits per heavy atom. The fourth-order valence-corrected chi connectivity index (χ4v) is 5.00. The molecule has 11 heteroatoms. The second-order valence-corrected chi connectivity index (χ2v) is 11.3. The van der Waals surface area contributed by atoms with E-state index in [2.05, 4.69) is 46.8 Å². The third kappa shape index (κ3) is 4.47. The van der Waals surface area contributed by atoms with E-state index in [0.29, 0.717) is 28.0 Å². The number of hydrogen-bond acceptors (Lipinski definition) is 8. The van der Waals surface area contributed by atoms with Crippen molar-refractivity contribution in [3.8, 4) is 17.1 Å². The summed E-state index contributed by atoms with van der Waals surface area (Å²) in [6.07, 6.45) is 4.18. The SMILES string of the molecule is CNC(=O)[C@]1(C)CC[C@@H](Nc2ncc3c(Br)nn(-c4ccc(-c5nnc(C(C)(C)C)o5)cc4)c3n2)C1. The smallest absolute Gasteiger partial charge is 0.247 e. The summed E-state index contributed by atoms with van der Waals surface area (Å²) < 4.78 is 8.30. The molecule has 0 bridgehead atoms. The zero-order chi connectivity index (χ0) is 25.7. The quantitative estimate of drug-likeness (QED) is 0.366. The third-order valence-electron chi connectivity index (χ3n) is 6.65. The number of nitrogens with one attached hydrogen (secondary N) is 2. The van der Waals surface area contributed by atoms with Crippen LogP contribution in [0.1, 0.15) is 52.8 Å². The number of fused-ring (bicyclic) bond motifs is 1. The van der Waals surface area contributed by atoms with E-state index in [4.69, 9.17) is 9.40 Å². The number of carbonyl (C=O) groups excluding carboxylic acids is 1. The molecule has 4 aromatic rings. The highest BCUT2D eigenvalue weighted by Crippen LogP contribution is 2.39. The highest BCUT2D eigenvalue weighted by Gasteiger charge is 2.41. The predicted molar refractivity (Wildman–Crippen MR) is 140 cm³/mol. The normalized spacial score (nSPS) is 20.1. The van der Waals surface area contributed by atoms with Crippen molar-refractivity contribution >= 4 is 38.8 Å². The van der Waals surface area contributed by atoms with Gasteiger partial charge in [-0.25, -0.2) is 9.67 Å². The van der Waals surface area contributed by atoms with E-state index < -0.39 is 0 Å². The van der Waals surface area contributed by atoms with E-state index in [9.17, 15) is 4.79 Å². The lowest BCUT2D eigenvalue weighted by atomic mass is 9.87. The molecule has 10 nitrogen and oxygen atoms in total. The molecule has 1 aromatic carbocycles. The monoisotopic (exact) mass is 552 g/mol. The molecule has 0 saturated heterocycles. The van der Waals surface area contributed by atoms with Gasteiger partial charge < -0.3 is 15.1 Å². The van der Waals surface area contributed by atoms with Gasteiger partial charge >= 0.3 is 0 Å². The number of hydrogen-bond donors (Lipinski definition) is 2. The number of amides is 1. The average molecular weight is 553 g/mol. The van der Waals surface area contributed by atoms with Crippen LogP contribution in [0.25, 0.3) is 28.2 Å².